The molecule has 180 valence electrons. The average molecular weight is 463 g/mol. The highest BCUT2D eigenvalue weighted by atomic mass is 16.6. The SMILES string of the molecule is CN(C)c1cccc(-c2cc(-c3cc(N)c(N4CCN(C(=O)OC(C)(C)C)CC4)[nH]3)ccn2)c1. The normalized spacial score (nSPS) is 14.3. The highest BCUT2D eigenvalue weighted by Crippen LogP contribution is 2.32. The predicted octanol–water partition coefficient (Wildman–Crippen LogP) is 4.45. The highest BCUT2D eigenvalue weighted by molar-refractivity contribution is 5.77. The Labute approximate surface area is 201 Å². The van der Waals surface area contributed by atoms with Crippen molar-refractivity contribution in [3.8, 4) is 22.5 Å². The molecule has 0 saturated carbocycles. The van der Waals surface area contributed by atoms with Crippen molar-refractivity contribution in [2.45, 2.75) is 26.4 Å². The van der Waals surface area contributed by atoms with Crippen LogP contribution in [0, 0.1) is 0 Å². The Kier molecular flexibility index (Phi) is 6.41. The first-order valence-electron chi connectivity index (χ1n) is 11.6. The van der Waals surface area contributed by atoms with Crippen molar-refractivity contribution in [3.05, 3.63) is 48.7 Å². The molecule has 3 aromatic rings. The summed E-state index contributed by atoms with van der Waals surface area (Å²) in [5, 5.41) is 0. The predicted molar refractivity (Wildman–Crippen MR) is 138 cm³/mol. The average Bonchev–Trinajstić information content (AvgIpc) is 3.20. The Morgan fingerprint density at radius 3 is 2.47 bits per heavy atom. The van der Waals surface area contributed by atoms with Crippen LogP contribution < -0.4 is 15.5 Å². The van der Waals surface area contributed by atoms with Gasteiger partial charge in [0.05, 0.1) is 11.4 Å². The van der Waals surface area contributed by atoms with Crippen LogP contribution in [-0.2, 0) is 4.74 Å². The molecule has 1 aromatic carbocycles. The van der Waals surface area contributed by atoms with Gasteiger partial charge in [0.2, 0.25) is 0 Å². The van der Waals surface area contributed by atoms with Crippen molar-refractivity contribution in [1.29, 1.82) is 0 Å². The van der Waals surface area contributed by atoms with E-state index in [1.54, 1.807) is 4.90 Å². The van der Waals surface area contributed by atoms with E-state index in [2.05, 4.69) is 44.0 Å². The van der Waals surface area contributed by atoms with Crippen molar-refractivity contribution in [2.75, 3.05) is 55.8 Å². The Morgan fingerprint density at radius 1 is 1.06 bits per heavy atom. The summed E-state index contributed by atoms with van der Waals surface area (Å²) in [6.45, 7) is 8.18. The fraction of sp³-hybridized carbons (Fsp3) is 0.385. The maximum absolute atomic E-state index is 12.4. The van der Waals surface area contributed by atoms with E-state index in [0.717, 1.165) is 34.0 Å². The molecule has 1 fully saturated rings. The maximum Gasteiger partial charge on any atom is 0.410 e. The van der Waals surface area contributed by atoms with Crippen molar-refractivity contribution in [3.63, 3.8) is 0 Å². The first kappa shape index (κ1) is 23.5. The number of nitrogen functional groups attached to an aromatic ring is 1. The van der Waals surface area contributed by atoms with Crippen LogP contribution >= 0.6 is 0 Å². The standard InChI is InChI=1S/C26H34N6O2/c1-26(2,3)34-25(33)32-13-11-31(12-14-32)24-21(27)17-23(29-24)19-9-10-28-22(16-19)18-7-6-8-20(15-18)30(4)5/h6-10,15-17,29H,11-14,27H2,1-5H3. The van der Waals surface area contributed by atoms with E-state index in [-0.39, 0.29) is 6.09 Å². The van der Waals surface area contributed by atoms with E-state index in [4.69, 9.17) is 10.5 Å². The second kappa shape index (κ2) is 9.29. The second-order valence-electron chi connectivity index (χ2n) is 9.82. The number of anilines is 3. The Hall–Kier alpha value is -3.68. The number of hydrogen-bond donors (Lipinski definition) is 2. The second-order valence-corrected chi connectivity index (χ2v) is 9.82. The number of piperazine rings is 1. The number of H-pyrrole nitrogens is 1. The van der Waals surface area contributed by atoms with Gasteiger partial charge >= 0.3 is 6.09 Å². The molecule has 0 atom stereocenters. The maximum atomic E-state index is 12.4. The van der Waals surface area contributed by atoms with Crippen LogP contribution in [-0.4, -0.2) is 66.8 Å². The largest absolute Gasteiger partial charge is 0.444 e. The van der Waals surface area contributed by atoms with Crippen molar-refractivity contribution in [2.24, 2.45) is 0 Å². The van der Waals surface area contributed by atoms with Crippen LogP contribution in [0.5, 0.6) is 0 Å². The van der Waals surface area contributed by atoms with Crippen molar-refractivity contribution >= 4 is 23.3 Å². The van der Waals surface area contributed by atoms with Gasteiger partial charge in [-0.1, -0.05) is 12.1 Å². The van der Waals surface area contributed by atoms with Crippen LogP contribution in [0.15, 0.2) is 48.7 Å². The van der Waals surface area contributed by atoms with Gasteiger partial charge in [-0.15, -0.1) is 0 Å². The summed E-state index contributed by atoms with van der Waals surface area (Å²) in [7, 11) is 4.05. The molecule has 1 saturated heterocycles. The van der Waals surface area contributed by atoms with Crippen LogP contribution in [0.25, 0.3) is 22.5 Å². The number of ether oxygens (including phenoxy) is 1. The summed E-state index contributed by atoms with van der Waals surface area (Å²) in [5.41, 5.74) is 11.6. The number of benzene rings is 1. The summed E-state index contributed by atoms with van der Waals surface area (Å²) in [6, 6.07) is 14.3. The smallest absolute Gasteiger partial charge is 0.410 e. The molecule has 1 amide bonds. The molecule has 0 aliphatic carbocycles. The molecular formula is C26H34N6O2. The lowest BCUT2D eigenvalue weighted by molar-refractivity contribution is 0.0240. The molecule has 3 heterocycles. The minimum atomic E-state index is -0.496. The highest BCUT2D eigenvalue weighted by Gasteiger charge is 2.27. The number of hydrogen-bond acceptors (Lipinski definition) is 6. The van der Waals surface area contributed by atoms with Crippen LogP contribution in [0.3, 0.4) is 0 Å². The summed E-state index contributed by atoms with van der Waals surface area (Å²) in [5.74, 6) is 0.881. The van der Waals surface area contributed by atoms with Gasteiger partial charge in [-0.25, -0.2) is 4.79 Å². The zero-order valence-electron chi connectivity index (χ0n) is 20.6. The van der Waals surface area contributed by atoms with Crippen molar-refractivity contribution in [1.82, 2.24) is 14.9 Å². The fourth-order valence-corrected chi connectivity index (χ4v) is 4.02. The van der Waals surface area contributed by atoms with Crippen LogP contribution in [0.4, 0.5) is 22.0 Å². The number of nitrogens with zero attached hydrogens (tertiary/aromatic N) is 4. The third-order valence-electron chi connectivity index (χ3n) is 5.80. The third-order valence-corrected chi connectivity index (χ3v) is 5.80. The molecule has 0 bridgehead atoms. The van der Waals surface area contributed by atoms with E-state index in [9.17, 15) is 4.79 Å². The van der Waals surface area contributed by atoms with Gasteiger partial charge in [0, 0.05) is 69.0 Å². The number of nitrogens with two attached hydrogens (primary N) is 1. The van der Waals surface area contributed by atoms with E-state index >= 15 is 0 Å². The Balaban J connectivity index is 1.49. The quantitative estimate of drug-likeness (QED) is 0.595. The number of nitrogens with one attached hydrogen (secondary N) is 1. The lowest BCUT2D eigenvalue weighted by atomic mass is 10.1. The van der Waals surface area contributed by atoms with Gasteiger partial charge in [-0.3, -0.25) is 4.98 Å². The van der Waals surface area contributed by atoms with Crippen LogP contribution in [0.2, 0.25) is 0 Å². The number of carbonyl (C=O) groups is 1. The zero-order valence-corrected chi connectivity index (χ0v) is 20.6. The van der Waals surface area contributed by atoms with Crippen molar-refractivity contribution < 1.29 is 9.53 Å². The van der Waals surface area contributed by atoms with Gasteiger partial charge < -0.3 is 30.2 Å². The first-order chi connectivity index (χ1) is 16.1. The number of aromatic amines is 1. The van der Waals surface area contributed by atoms with E-state index < -0.39 is 5.60 Å². The molecule has 8 heteroatoms. The van der Waals surface area contributed by atoms with Crippen LogP contribution in [0.1, 0.15) is 20.8 Å². The molecule has 0 radical (unpaired) electrons. The lowest BCUT2D eigenvalue weighted by Crippen LogP contribution is -2.50. The zero-order chi connectivity index (χ0) is 24.5. The summed E-state index contributed by atoms with van der Waals surface area (Å²) in [6.07, 6.45) is 1.55. The molecule has 34 heavy (non-hydrogen) atoms. The molecule has 0 unspecified atom stereocenters. The summed E-state index contributed by atoms with van der Waals surface area (Å²) >= 11 is 0. The first-order valence-corrected chi connectivity index (χ1v) is 11.6. The topological polar surface area (TPSA) is 90.7 Å². The molecule has 4 rings (SSSR count). The van der Waals surface area contributed by atoms with Gasteiger partial charge in [-0.05, 0) is 51.1 Å². The number of pyridine rings is 1. The molecule has 1 aliphatic rings. The Bertz CT molecular complexity index is 1160. The molecule has 3 N–H and O–H groups in total. The van der Waals surface area contributed by atoms with Gasteiger partial charge in [0.15, 0.2) is 0 Å². The van der Waals surface area contributed by atoms with Gasteiger partial charge in [0.25, 0.3) is 0 Å². The van der Waals surface area contributed by atoms with E-state index in [1.165, 1.54) is 0 Å². The molecule has 0 spiro atoms. The van der Waals surface area contributed by atoms with E-state index in [0.29, 0.717) is 31.9 Å². The summed E-state index contributed by atoms with van der Waals surface area (Å²) < 4.78 is 5.50. The molecule has 1 aliphatic heterocycles. The minimum absolute atomic E-state index is 0.269. The molecular weight excluding hydrogens is 428 g/mol. The van der Waals surface area contributed by atoms with Gasteiger partial charge in [0.1, 0.15) is 11.4 Å². The number of carbonyl (C=O) groups excluding carboxylic acids is 1. The summed E-state index contributed by atoms with van der Waals surface area (Å²) in [4.78, 5) is 26.4. The molecule has 2 aromatic heterocycles. The lowest BCUT2D eigenvalue weighted by Gasteiger charge is -2.36. The molecule has 8 nitrogen and oxygen atoms in total. The number of rotatable bonds is 4. The fourth-order valence-electron chi connectivity index (χ4n) is 4.02. The number of amides is 1. The monoisotopic (exact) mass is 462 g/mol. The Morgan fingerprint density at radius 2 is 1.79 bits per heavy atom. The number of aromatic nitrogens is 2. The van der Waals surface area contributed by atoms with E-state index in [1.807, 2.05) is 59.3 Å². The van der Waals surface area contributed by atoms with Gasteiger partial charge in [-0.2, -0.15) is 0 Å². The minimum Gasteiger partial charge on any atom is -0.444 e. The third kappa shape index (κ3) is 5.27.